The number of nitrogens with two attached hydrogens (primary N) is 1. The fourth-order valence-electron chi connectivity index (χ4n) is 1.22. The summed E-state index contributed by atoms with van der Waals surface area (Å²) in [5, 5.41) is 0. The molecule has 1 rings (SSSR count). The van der Waals surface area contributed by atoms with Gasteiger partial charge in [-0.25, -0.2) is 9.18 Å². The van der Waals surface area contributed by atoms with E-state index in [-0.39, 0.29) is 12.1 Å². The van der Waals surface area contributed by atoms with Crippen molar-refractivity contribution < 1.29 is 13.9 Å². The van der Waals surface area contributed by atoms with Gasteiger partial charge >= 0.3 is 5.97 Å². The van der Waals surface area contributed by atoms with Gasteiger partial charge in [0.2, 0.25) is 0 Å². The second kappa shape index (κ2) is 4.61. The van der Waals surface area contributed by atoms with Crippen molar-refractivity contribution in [3.63, 3.8) is 0 Å². The smallest absolute Gasteiger partial charge is 0.338 e. The molecule has 16 heavy (non-hydrogen) atoms. The van der Waals surface area contributed by atoms with Gasteiger partial charge in [-0.2, -0.15) is 0 Å². The van der Waals surface area contributed by atoms with Crippen LogP contribution in [0.25, 0.3) is 0 Å². The maximum atomic E-state index is 13.1. The lowest BCUT2D eigenvalue weighted by Crippen LogP contribution is -2.24. The van der Waals surface area contributed by atoms with E-state index in [2.05, 4.69) is 0 Å². The third kappa shape index (κ3) is 3.62. The van der Waals surface area contributed by atoms with Gasteiger partial charge in [0.1, 0.15) is 11.4 Å². The number of carbonyl (C=O) groups excluding carboxylic acids is 1. The molecule has 2 N–H and O–H groups in total. The summed E-state index contributed by atoms with van der Waals surface area (Å²) in [7, 11) is 0. The van der Waals surface area contributed by atoms with Crippen LogP contribution >= 0.6 is 0 Å². The van der Waals surface area contributed by atoms with Gasteiger partial charge in [-0.3, -0.25) is 0 Å². The van der Waals surface area contributed by atoms with E-state index >= 15 is 0 Å². The van der Waals surface area contributed by atoms with E-state index in [0.29, 0.717) is 5.56 Å². The molecule has 0 saturated carbocycles. The first kappa shape index (κ1) is 12.6. The summed E-state index contributed by atoms with van der Waals surface area (Å²) in [5.74, 6) is -1.02. The average molecular weight is 225 g/mol. The normalized spacial score (nSPS) is 11.3. The highest BCUT2D eigenvalue weighted by Crippen LogP contribution is 2.14. The van der Waals surface area contributed by atoms with E-state index < -0.39 is 17.4 Å². The van der Waals surface area contributed by atoms with Crippen LogP contribution in [0.2, 0.25) is 0 Å². The maximum absolute atomic E-state index is 13.1. The van der Waals surface area contributed by atoms with Gasteiger partial charge in [0, 0.05) is 6.54 Å². The summed E-state index contributed by atoms with van der Waals surface area (Å²) in [6, 6.07) is 3.98. The average Bonchev–Trinajstić information content (AvgIpc) is 2.14. The minimum atomic E-state index is -0.591. The number of hydrogen-bond acceptors (Lipinski definition) is 3. The van der Waals surface area contributed by atoms with E-state index in [0.717, 1.165) is 6.07 Å². The quantitative estimate of drug-likeness (QED) is 0.785. The second-order valence-electron chi connectivity index (χ2n) is 4.55. The molecule has 0 aliphatic heterocycles. The molecule has 1 aromatic carbocycles. The predicted molar refractivity (Wildman–Crippen MR) is 59.5 cm³/mol. The molecule has 0 saturated heterocycles. The molecule has 3 nitrogen and oxygen atoms in total. The summed E-state index contributed by atoms with van der Waals surface area (Å²) >= 11 is 0. The molecule has 1 aromatic rings. The molecule has 88 valence electrons. The summed E-state index contributed by atoms with van der Waals surface area (Å²) in [5.41, 5.74) is 5.57. The van der Waals surface area contributed by atoms with Crippen LogP contribution in [0.15, 0.2) is 18.2 Å². The van der Waals surface area contributed by atoms with E-state index in [4.69, 9.17) is 10.5 Å². The monoisotopic (exact) mass is 225 g/mol. The van der Waals surface area contributed by atoms with Gasteiger partial charge in [0.25, 0.3) is 0 Å². The molecular weight excluding hydrogens is 209 g/mol. The van der Waals surface area contributed by atoms with Crippen LogP contribution in [0.4, 0.5) is 4.39 Å². The molecule has 0 fully saturated rings. The summed E-state index contributed by atoms with van der Waals surface area (Å²) in [6.07, 6.45) is 0. The van der Waals surface area contributed by atoms with Crippen molar-refractivity contribution in [3.05, 3.63) is 35.1 Å². The van der Waals surface area contributed by atoms with Crippen molar-refractivity contribution in [2.45, 2.75) is 32.9 Å². The Bertz CT molecular complexity index is 396. The Morgan fingerprint density at radius 2 is 2.00 bits per heavy atom. The van der Waals surface area contributed by atoms with Crippen molar-refractivity contribution in [1.29, 1.82) is 0 Å². The molecule has 0 amide bonds. The van der Waals surface area contributed by atoms with Gasteiger partial charge in [0.15, 0.2) is 0 Å². The lowest BCUT2D eigenvalue weighted by atomic mass is 10.1. The summed E-state index contributed by atoms with van der Waals surface area (Å²) < 4.78 is 18.3. The number of ether oxygens (including phenoxy) is 1. The molecule has 0 bridgehead atoms. The zero-order valence-corrected chi connectivity index (χ0v) is 9.71. The second-order valence-corrected chi connectivity index (χ2v) is 4.55. The van der Waals surface area contributed by atoms with Crippen molar-refractivity contribution in [1.82, 2.24) is 0 Å². The fraction of sp³-hybridized carbons (Fsp3) is 0.417. The van der Waals surface area contributed by atoms with Crippen molar-refractivity contribution in [2.75, 3.05) is 0 Å². The number of halogens is 1. The third-order valence-electron chi connectivity index (χ3n) is 1.83. The van der Waals surface area contributed by atoms with Crippen molar-refractivity contribution in [2.24, 2.45) is 5.73 Å². The molecule has 0 spiro atoms. The van der Waals surface area contributed by atoms with Gasteiger partial charge < -0.3 is 10.5 Å². The fourth-order valence-corrected chi connectivity index (χ4v) is 1.22. The molecular formula is C12H16FNO2. The molecule has 0 aliphatic rings. The topological polar surface area (TPSA) is 52.3 Å². The van der Waals surface area contributed by atoms with Crippen molar-refractivity contribution in [3.8, 4) is 0 Å². The molecule has 0 radical (unpaired) electrons. The van der Waals surface area contributed by atoms with Gasteiger partial charge in [0.05, 0.1) is 5.56 Å². The summed E-state index contributed by atoms with van der Waals surface area (Å²) in [6.45, 7) is 5.46. The van der Waals surface area contributed by atoms with Gasteiger partial charge in [-0.05, 0) is 44.5 Å². The standard InChI is InChI=1S/C12H16FNO2/c1-12(2,3)16-11(15)9-4-8(7-14)5-10(13)6-9/h4-6H,7,14H2,1-3H3. The maximum Gasteiger partial charge on any atom is 0.338 e. The SMILES string of the molecule is CC(C)(C)OC(=O)c1cc(F)cc(CN)c1. The van der Waals surface area contributed by atoms with E-state index in [1.807, 2.05) is 0 Å². The minimum Gasteiger partial charge on any atom is -0.456 e. The number of benzene rings is 1. The molecule has 0 aliphatic carbocycles. The minimum absolute atomic E-state index is 0.188. The lowest BCUT2D eigenvalue weighted by Gasteiger charge is -2.19. The zero-order chi connectivity index (χ0) is 12.3. The first-order chi connectivity index (χ1) is 7.31. The molecule has 0 unspecified atom stereocenters. The van der Waals surface area contributed by atoms with Crippen LogP contribution in [0.3, 0.4) is 0 Å². The molecule has 0 heterocycles. The Labute approximate surface area is 94.4 Å². The summed E-state index contributed by atoms with van der Waals surface area (Å²) in [4.78, 5) is 11.7. The molecule has 4 heteroatoms. The van der Waals surface area contributed by atoms with Crippen LogP contribution < -0.4 is 5.73 Å². The zero-order valence-electron chi connectivity index (χ0n) is 9.71. The third-order valence-corrected chi connectivity index (χ3v) is 1.83. The number of hydrogen-bond donors (Lipinski definition) is 1. The Balaban J connectivity index is 2.95. The van der Waals surface area contributed by atoms with Crippen LogP contribution in [-0.2, 0) is 11.3 Å². The Morgan fingerprint density at radius 1 is 1.38 bits per heavy atom. The number of esters is 1. The van der Waals surface area contributed by atoms with Crippen LogP contribution in [0.1, 0.15) is 36.7 Å². The first-order valence-corrected chi connectivity index (χ1v) is 5.05. The van der Waals surface area contributed by atoms with E-state index in [1.165, 1.54) is 12.1 Å². The largest absolute Gasteiger partial charge is 0.456 e. The van der Waals surface area contributed by atoms with Gasteiger partial charge in [-0.15, -0.1) is 0 Å². The van der Waals surface area contributed by atoms with Crippen LogP contribution in [-0.4, -0.2) is 11.6 Å². The van der Waals surface area contributed by atoms with E-state index in [9.17, 15) is 9.18 Å². The molecule has 0 aromatic heterocycles. The Kier molecular flexibility index (Phi) is 3.65. The Hall–Kier alpha value is -1.42. The lowest BCUT2D eigenvalue weighted by molar-refractivity contribution is 0.00689. The number of carbonyl (C=O) groups is 1. The van der Waals surface area contributed by atoms with E-state index in [1.54, 1.807) is 20.8 Å². The molecule has 0 atom stereocenters. The highest BCUT2D eigenvalue weighted by Gasteiger charge is 2.18. The highest BCUT2D eigenvalue weighted by molar-refractivity contribution is 5.89. The predicted octanol–water partition coefficient (Wildman–Crippen LogP) is 2.24. The van der Waals surface area contributed by atoms with Crippen LogP contribution in [0, 0.1) is 5.82 Å². The Morgan fingerprint density at radius 3 is 2.50 bits per heavy atom. The first-order valence-electron chi connectivity index (χ1n) is 5.05. The van der Waals surface area contributed by atoms with Crippen LogP contribution in [0.5, 0.6) is 0 Å². The van der Waals surface area contributed by atoms with Gasteiger partial charge in [-0.1, -0.05) is 0 Å². The van der Waals surface area contributed by atoms with Crippen molar-refractivity contribution >= 4 is 5.97 Å². The highest BCUT2D eigenvalue weighted by atomic mass is 19.1. The number of rotatable bonds is 2.